The molecular weight excluding hydrogens is 184 g/mol. The summed E-state index contributed by atoms with van der Waals surface area (Å²) in [6.45, 7) is 11.6. The van der Waals surface area contributed by atoms with Gasteiger partial charge in [-0.25, -0.2) is 0 Å². The first kappa shape index (κ1) is 13.0. The summed E-state index contributed by atoms with van der Waals surface area (Å²) in [4.78, 5) is 2.68. The SMILES string of the molecule is CCCC(CNCC)N(CC)CC1CC1. The minimum atomic E-state index is 0.764. The molecule has 0 aromatic heterocycles. The van der Waals surface area contributed by atoms with Crippen LogP contribution in [0.25, 0.3) is 0 Å². The molecule has 0 aromatic rings. The largest absolute Gasteiger partial charge is 0.315 e. The molecule has 0 aromatic carbocycles. The highest BCUT2D eigenvalue weighted by Gasteiger charge is 2.26. The molecule has 0 spiro atoms. The molecule has 1 atom stereocenters. The quantitative estimate of drug-likeness (QED) is 0.632. The molecule has 0 radical (unpaired) electrons. The highest BCUT2D eigenvalue weighted by molar-refractivity contribution is 4.81. The van der Waals surface area contributed by atoms with E-state index in [1.807, 2.05) is 0 Å². The molecule has 0 saturated heterocycles. The van der Waals surface area contributed by atoms with E-state index in [9.17, 15) is 0 Å². The lowest BCUT2D eigenvalue weighted by atomic mass is 10.1. The first-order valence-corrected chi connectivity index (χ1v) is 6.76. The molecule has 1 N–H and O–H groups in total. The summed E-state index contributed by atoms with van der Waals surface area (Å²) in [7, 11) is 0. The Kier molecular flexibility index (Phi) is 6.26. The van der Waals surface area contributed by atoms with Crippen LogP contribution in [-0.4, -0.2) is 37.1 Å². The predicted octanol–water partition coefficient (Wildman–Crippen LogP) is 2.50. The number of likely N-dealkylation sites (N-methyl/N-ethyl adjacent to an activating group) is 2. The molecule has 1 aliphatic carbocycles. The Morgan fingerprint density at radius 2 is 2.00 bits per heavy atom. The van der Waals surface area contributed by atoms with E-state index in [4.69, 9.17) is 0 Å². The predicted molar refractivity (Wildman–Crippen MR) is 67.2 cm³/mol. The minimum absolute atomic E-state index is 0.764. The van der Waals surface area contributed by atoms with Crippen LogP contribution < -0.4 is 5.32 Å². The Hall–Kier alpha value is -0.0800. The van der Waals surface area contributed by atoms with Gasteiger partial charge in [-0.05, 0) is 38.3 Å². The van der Waals surface area contributed by atoms with Crippen LogP contribution in [0.5, 0.6) is 0 Å². The van der Waals surface area contributed by atoms with E-state index in [1.165, 1.54) is 45.3 Å². The molecule has 1 fully saturated rings. The molecule has 1 rings (SSSR count). The lowest BCUT2D eigenvalue weighted by Gasteiger charge is -2.31. The molecule has 0 aliphatic heterocycles. The van der Waals surface area contributed by atoms with Crippen LogP contribution in [0.1, 0.15) is 46.5 Å². The summed E-state index contributed by atoms with van der Waals surface area (Å²) in [5.74, 6) is 1.02. The zero-order chi connectivity index (χ0) is 11.1. The molecule has 1 aliphatic rings. The summed E-state index contributed by atoms with van der Waals surface area (Å²) >= 11 is 0. The van der Waals surface area contributed by atoms with Crippen molar-refractivity contribution in [1.82, 2.24) is 10.2 Å². The maximum absolute atomic E-state index is 3.50. The van der Waals surface area contributed by atoms with Crippen molar-refractivity contribution in [2.75, 3.05) is 26.2 Å². The van der Waals surface area contributed by atoms with Gasteiger partial charge in [-0.3, -0.25) is 4.90 Å². The monoisotopic (exact) mass is 212 g/mol. The zero-order valence-corrected chi connectivity index (χ0v) is 10.8. The second kappa shape index (κ2) is 7.24. The fourth-order valence-electron chi connectivity index (χ4n) is 2.23. The van der Waals surface area contributed by atoms with Crippen LogP contribution >= 0.6 is 0 Å². The van der Waals surface area contributed by atoms with Crippen molar-refractivity contribution >= 4 is 0 Å². The van der Waals surface area contributed by atoms with Gasteiger partial charge in [-0.15, -0.1) is 0 Å². The van der Waals surface area contributed by atoms with Crippen molar-refractivity contribution in [2.45, 2.75) is 52.5 Å². The Morgan fingerprint density at radius 1 is 1.27 bits per heavy atom. The van der Waals surface area contributed by atoms with E-state index in [1.54, 1.807) is 0 Å². The van der Waals surface area contributed by atoms with Crippen LogP contribution in [0, 0.1) is 5.92 Å². The first-order chi connectivity index (χ1) is 7.31. The number of nitrogens with one attached hydrogen (secondary N) is 1. The summed E-state index contributed by atoms with van der Waals surface area (Å²) < 4.78 is 0. The van der Waals surface area contributed by atoms with Gasteiger partial charge in [0.2, 0.25) is 0 Å². The Bertz CT molecular complexity index is 155. The van der Waals surface area contributed by atoms with Crippen molar-refractivity contribution in [3.05, 3.63) is 0 Å². The van der Waals surface area contributed by atoms with Crippen molar-refractivity contribution in [2.24, 2.45) is 5.92 Å². The summed E-state index contributed by atoms with van der Waals surface area (Å²) in [5, 5.41) is 3.50. The fourth-order valence-corrected chi connectivity index (χ4v) is 2.23. The van der Waals surface area contributed by atoms with Gasteiger partial charge in [0.25, 0.3) is 0 Å². The van der Waals surface area contributed by atoms with Gasteiger partial charge in [0.05, 0.1) is 0 Å². The first-order valence-electron chi connectivity index (χ1n) is 6.76. The van der Waals surface area contributed by atoms with Gasteiger partial charge in [0.15, 0.2) is 0 Å². The Morgan fingerprint density at radius 3 is 2.47 bits per heavy atom. The van der Waals surface area contributed by atoms with Gasteiger partial charge in [0.1, 0.15) is 0 Å². The van der Waals surface area contributed by atoms with E-state index < -0.39 is 0 Å². The zero-order valence-electron chi connectivity index (χ0n) is 10.8. The Labute approximate surface area is 95.4 Å². The van der Waals surface area contributed by atoms with Crippen molar-refractivity contribution < 1.29 is 0 Å². The fraction of sp³-hybridized carbons (Fsp3) is 1.00. The van der Waals surface area contributed by atoms with Crippen LogP contribution in [0.2, 0.25) is 0 Å². The normalized spacial score (nSPS) is 18.4. The number of hydrogen-bond donors (Lipinski definition) is 1. The molecule has 1 unspecified atom stereocenters. The second-order valence-electron chi connectivity index (χ2n) is 4.78. The number of nitrogens with zero attached hydrogens (tertiary/aromatic N) is 1. The average molecular weight is 212 g/mol. The summed E-state index contributed by atoms with van der Waals surface area (Å²) in [5.41, 5.74) is 0. The topological polar surface area (TPSA) is 15.3 Å². The van der Waals surface area contributed by atoms with Crippen molar-refractivity contribution in [3.63, 3.8) is 0 Å². The number of hydrogen-bond acceptors (Lipinski definition) is 2. The van der Waals surface area contributed by atoms with Crippen LogP contribution in [0.15, 0.2) is 0 Å². The van der Waals surface area contributed by atoms with Crippen LogP contribution in [-0.2, 0) is 0 Å². The number of rotatable bonds is 9. The lowest BCUT2D eigenvalue weighted by molar-refractivity contribution is 0.183. The van der Waals surface area contributed by atoms with Gasteiger partial charge < -0.3 is 5.32 Å². The smallest absolute Gasteiger partial charge is 0.0220 e. The molecule has 1 saturated carbocycles. The summed E-state index contributed by atoms with van der Waals surface area (Å²) in [6, 6.07) is 0.764. The van der Waals surface area contributed by atoms with Gasteiger partial charge >= 0.3 is 0 Å². The van der Waals surface area contributed by atoms with E-state index in [2.05, 4.69) is 31.0 Å². The van der Waals surface area contributed by atoms with Crippen LogP contribution in [0.3, 0.4) is 0 Å². The van der Waals surface area contributed by atoms with Gasteiger partial charge in [-0.1, -0.05) is 27.2 Å². The second-order valence-corrected chi connectivity index (χ2v) is 4.78. The molecule has 0 heterocycles. The molecule has 15 heavy (non-hydrogen) atoms. The molecule has 0 bridgehead atoms. The van der Waals surface area contributed by atoms with E-state index in [-0.39, 0.29) is 0 Å². The maximum atomic E-state index is 3.50. The third-order valence-electron chi connectivity index (χ3n) is 3.36. The van der Waals surface area contributed by atoms with Gasteiger partial charge in [0, 0.05) is 19.1 Å². The average Bonchev–Trinajstić information content (AvgIpc) is 3.05. The molecule has 90 valence electrons. The molecule has 2 heteroatoms. The standard InChI is InChI=1S/C13H28N2/c1-4-7-13(10-14-5-2)15(6-3)11-12-8-9-12/h12-14H,4-11H2,1-3H3. The lowest BCUT2D eigenvalue weighted by Crippen LogP contribution is -2.43. The molecular formula is C13H28N2. The van der Waals surface area contributed by atoms with Gasteiger partial charge in [-0.2, -0.15) is 0 Å². The third kappa shape index (κ3) is 4.98. The highest BCUT2D eigenvalue weighted by atomic mass is 15.2. The van der Waals surface area contributed by atoms with E-state index >= 15 is 0 Å². The molecule has 0 amide bonds. The Balaban J connectivity index is 2.33. The maximum Gasteiger partial charge on any atom is 0.0220 e. The van der Waals surface area contributed by atoms with Crippen molar-refractivity contribution in [1.29, 1.82) is 0 Å². The minimum Gasteiger partial charge on any atom is -0.315 e. The third-order valence-corrected chi connectivity index (χ3v) is 3.36. The summed E-state index contributed by atoms with van der Waals surface area (Å²) in [6.07, 6.45) is 5.58. The van der Waals surface area contributed by atoms with E-state index in [0.29, 0.717) is 0 Å². The van der Waals surface area contributed by atoms with Crippen LogP contribution in [0.4, 0.5) is 0 Å². The molecule has 2 nitrogen and oxygen atoms in total. The van der Waals surface area contributed by atoms with Crippen molar-refractivity contribution in [3.8, 4) is 0 Å². The van der Waals surface area contributed by atoms with E-state index in [0.717, 1.165) is 18.5 Å². The highest BCUT2D eigenvalue weighted by Crippen LogP contribution is 2.30.